The molecule has 0 radical (unpaired) electrons. The van der Waals surface area contributed by atoms with Gasteiger partial charge in [-0.2, -0.15) is 0 Å². The van der Waals surface area contributed by atoms with E-state index < -0.39 is 6.04 Å². The summed E-state index contributed by atoms with van der Waals surface area (Å²) in [6.07, 6.45) is 1.66. The lowest BCUT2D eigenvalue weighted by molar-refractivity contribution is 0.0714. The molecule has 0 saturated heterocycles. The molecule has 1 amide bonds. The van der Waals surface area contributed by atoms with Crippen molar-refractivity contribution in [3.8, 4) is 5.75 Å². The Labute approximate surface area is 205 Å². The quantitative estimate of drug-likeness (QED) is 0.292. The molecule has 1 atom stereocenters. The van der Waals surface area contributed by atoms with Gasteiger partial charge in [0, 0.05) is 16.6 Å². The Balaban J connectivity index is 1.67. The van der Waals surface area contributed by atoms with E-state index in [2.05, 4.69) is 6.58 Å². The molecular weight excluding hydrogens is 473 g/mol. The second kappa shape index (κ2) is 9.01. The van der Waals surface area contributed by atoms with Crippen LogP contribution < -0.4 is 10.2 Å². The van der Waals surface area contributed by atoms with Crippen LogP contribution in [0, 0.1) is 0 Å². The first-order valence-electron chi connectivity index (χ1n) is 10.6. The molecule has 170 valence electrons. The summed E-state index contributed by atoms with van der Waals surface area (Å²) in [4.78, 5) is 28.8. The summed E-state index contributed by atoms with van der Waals surface area (Å²) in [5, 5.41) is 1.28. The van der Waals surface area contributed by atoms with Gasteiger partial charge in [-0.05, 0) is 47.5 Å². The van der Waals surface area contributed by atoms with Crippen LogP contribution in [-0.2, 0) is 6.54 Å². The van der Waals surface area contributed by atoms with E-state index in [9.17, 15) is 9.59 Å². The van der Waals surface area contributed by atoms with E-state index in [-0.39, 0.29) is 29.2 Å². The number of halogens is 2. The third-order valence-corrected chi connectivity index (χ3v) is 6.39. The van der Waals surface area contributed by atoms with Gasteiger partial charge in [0.2, 0.25) is 5.76 Å². The maximum atomic E-state index is 13.6. The number of nitrogens with zero attached hydrogens (tertiary/aromatic N) is 1. The fourth-order valence-corrected chi connectivity index (χ4v) is 4.58. The summed E-state index contributed by atoms with van der Waals surface area (Å²) in [5.74, 6) is 0.313. The third-order valence-electron chi connectivity index (χ3n) is 5.79. The second-order valence-corrected chi connectivity index (χ2v) is 8.75. The van der Waals surface area contributed by atoms with Gasteiger partial charge in [-0.3, -0.25) is 9.59 Å². The first kappa shape index (κ1) is 22.3. The average molecular weight is 492 g/mol. The molecule has 0 aliphatic carbocycles. The largest absolute Gasteiger partial charge is 0.490 e. The number of benzene rings is 3. The monoisotopic (exact) mass is 491 g/mol. The lowest BCUT2D eigenvalue weighted by Gasteiger charge is -2.25. The van der Waals surface area contributed by atoms with Crippen LogP contribution in [0.1, 0.15) is 33.3 Å². The van der Waals surface area contributed by atoms with Crippen LogP contribution in [0.25, 0.3) is 11.0 Å². The van der Waals surface area contributed by atoms with E-state index >= 15 is 0 Å². The minimum absolute atomic E-state index is 0.0314. The lowest BCUT2D eigenvalue weighted by Crippen LogP contribution is -2.29. The van der Waals surface area contributed by atoms with Crippen LogP contribution >= 0.6 is 23.2 Å². The Morgan fingerprint density at radius 1 is 1.03 bits per heavy atom. The molecule has 0 spiro atoms. The van der Waals surface area contributed by atoms with Crippen LogP contribution in [0.15, 0.2) is 88.6 Å². The van der Waals surface area contributed by atoms with Gasteiger partial charge in [-0.15, -0.1) is 0 Å². The molecule has 2 heterocycles. The summed E-state index contributed by atoms with van der Waals surface area (Å²) in [5.41, 5.74) is 1.82. The number of carbonyl (C=O) groups excluding carboxylic acids is 1. The zero-order chi connectivity index (χ0) is 23.8. The van der Waals surface area contributed by atoms with Crippen LogP contribution in [0.5, 0.6) is 5.75 Å². The smallest absolute Gasteiger partial charge is 0.291 e. The van der Waals surface area contributed by atoms with Gasteiger partial charge in [-0.1, -0.05) is 66.2 Å². The van der Waals surface area contributed by atoms with Crippen molar-refractivity contribution in [3.63, 3.8) is 0 Å². The van der Waals surface area contributed by atoms with Crippen LogP contribution in [0.2, 0.25) is 10.0 Å². The molecule has 0 fully saturated rings. The molecule has 0 saturated carbocycles. The van der Waals surface area contributed by atoms with Crippen molar-refractivity contribution in [3.05, 3.63) is 122 Å². The van der Waals surface area contributed by atoms with E-state index in [4.69, 9.17) is 32.4 Å². The van der Waals surface area contributed by atoms with Crippen LogP contribution in [0.3, 0.4) is 0 Å². The van der Waals surface area contributed by atoms with Gasteiger partial charge in [0.15, 0.2) is 5.43 Å². The summed E-state index contributed by atoms with van der Waals surface area (Å²) in [6, 6.07) is 18.7. The minimum atomic E-state index is -0.660. The fraction of sp³-hybridized carbons (Fsp3) is 0.111. The SMILES string of the molecule is C=CCOc1ccc(C2c3c(oc4ccc(Cl)cc4c3=O)C(=O)N2Cc2ccccc2Cl)cc1. The van der Waals surface area contributed by atoms with E-state index in [0.717, 1.165) is 11.1 Å². The highest BCUT2D eigenvalue weighted by Crippen LogP contribution is 2.40. The highest BCUT2D eigenvalue weighted by molar-refractivity contribution is 6.31. The van der Waals surface area contributed by atoms with Crippen molar-refractivity contribution >= 4 is 40.1 Å². The van der Waals surface area contributed by atoms with E-state index in [0.29, 0.717) is 33.4 Å². The van der Waals surface area contributed by atoms with E-state index in [1.807, 2.05) is 30.3 Å². The van der Waals surface area contributed by atoms with Gasteiger partial charge in [0.25, 0.3) is 5.91 Å². The highest BCUT2D eigenvalue weighted by Gasteiger charge is 2.42. The molecule has 4 aromatic rings. The number of amides is 1. The zero-order valence-electron chi connectivity index (χ0n) is 18.0. The Hall–Kier alpha value is -3.54. The Bertz CT molecular complexity index is 1480. The fourth-order valence-electron chi connectivity index (χ4n) is 4.21. The lowest BCUT2D eigenvalue weighted by atomic mass is 9.98. The van der Waals surface area contributed by atoms with Gasteiger partial charge >= 0.3 is 0 Å². The van der Waals surface area contributed by atoms with Crippen molar-refractivity contribution in [2.24, 2.45) is 0 Å². The second-order valence-electron chi connectivity index (χ2n) is 7.91. The third kappa shape index (κ3) is 3.87. The van der Waals surface area contributed by atoms with Crippen molar-refractivity contribution in [2.45, 2.75) is 12.6 Å². The highest BCUT2D eigenvalue weighted by atomic mass is 35.5. The standard InChI is InChI=1S/C27H19Cl2NO4/c1-2-13-33-19-10-7-16(8-11-19)24-23-25(31)20-14-18(28)9-12-22(20)34-26(23)27(32)30(24)15-17-5-3-4-6-21(17)29/h2-12,14,24H,1,13,15H2. The summed E-state index contributed by atoms with van der Waals surface area (Å²) < 4.78 is 11.5. The number of carbonyl (C=O) groups is 1. The predicted octanol–water partition coefficient (Wildman–Crippen LogP) is 6.41. The van der Waals surface area contributed by atoms with Gasteiger partial charge in [0.05, 0.1) is 17.0 Å². The molecule has 3 aromatic carbocycles. The minimum Gasteiger partial charge on any atom is -0.490 e. The van der Waals surface area contributed by atoms with E-state index in [1.165, 1.54) is 0 Å². The van der Waals surface area contributed by atoms with E-state index in [1.54, 1.807) is 47.4 Å². The number of fused-ring (bicyclic) bond motifs is 2. The van der Waals surface area contributed by atoms with Crippen LogP contribution in [0.4, 0.5) is 0 Å². The zero-order valence-corrected chi connectivity index (χ0v) is 19.5. The summed E-state index contributed by atoms with van der Waals surface area (Å²) in [6.45, 7) is 4.23. The summed E-state index contributed by atoms with van der Waals surface area (Å²) >= 11 is 12.5. The Morgan fingerprint density at radius 2 is 1.79 bits per heavy atom. The molecule has 7 heteroatoms. The van der Waals surface area contributed by atoms with Gasteiger partial charge in [0.1, 0.15) is 17.9 Å². The molecular formula is C27H19Cl2NO4. The number of ether oxygens (including phenoxy) is 1. The molecule has 0 N–H and O–H groups in total. The average Bonchev–Trinajstić information content (AvgIpc) is 3.12. The molecule has 1 aromatic heterocycles. The molecule has 5 nitrogen and oxygen atoms in total. The maximum Gasteiger partial charge on any atom is 0.291 e. The predicted molar refractivity (Wildman–Crippen MR) is 133 cm³/mol. The molecule has 5 rings (SSSR count). The number of rotatable bonds is 6. The van der Waals surface area contributed by atoms with Gasteiger partial charge < -0.3 is 14.1 Å². The molecule has 1 unspecified atom stereocenters. The normalized spacial score (nSPS) is 14.9. The topological polar surface area (TPSA) is 59.8 Å². The van der Waals surface area contributed by atoms with Crippen molar-refractivity contribution in [2.75, 3.05) is 6.61 Å². The molecule has 1 aliphatic rings. The van der Waals surface area contributed by atoms with Gasteiger partial charge in [-0.25, -0.2) is 0 Å². The molecule has 1 aliphatic heterocycles. The number of hydrogen-bond acceptors (Lipinski definition) is 4. The summed E-state index contributed by atoms with van der Waals surface area (Å²) in [7, 11) is 0. The molecule has 0 bridgehead atoms. The first-order valence-corrected chi connectivity index (χ1v) is 11.4. The first-order chi connectivity index (χ1) is 16.5. The van der Waals surface area contributed by atoms with Crippen molar-refractivity contribution in [1.82, 2.24) is 4.90 Å². The maximum absolute atomic E-state index is 13.6. The Kier molecular flexibility index (Phi) is 5.90. The van der Waals surface area contributed by atoms with Crippen molar-refractivity contribution in [1.29, 1.82) is 0 Å². The van der Waals surface area contributed by atoms with Crippen LogP contribution in [-0.4, -0.2) is 17.4 Å². The Morgan fingerprint density at radius 3 is 2.53 bits per heavy atom. The molecule has 34 heavy (non-hydrogen) atoms. The van der Waals surface area contributed by atoms with Crippen molar-refractivity contribution < 1.29 is 13.9 Å². The number of hydrogen-bond donors (Lipinski definition) is 0.